The number of amides is 1. The highest BCUT2D eigenvalue weighted by Gasteiger charge is 2.26. The number of benzene rings is 1. The zero-order chi connectivity index (χ0) is 15.2. The predicted octanol–water partition coefficient (Wildman–Crippen LogP) is 3.01. The molecule has 1 fully saturated rings. The number of likely N-dealkylation sites (tertiary alicyclic amines) is 1. The lowest BCUT2D eigenvalue weighted by molar-refractivity contribution is -0.121. The van der Waals surface area contributed by atoms with Crippen LogP contribution >= 0.6 is 0 Å². The van der Waals surface area contributed by atoms with Gasteiger partial charge in [0.25, 0.3) is 0 Å². The quantitative estimate of drug-likeness (QED) is 0.925. The van der Waals surface area contributed by atoms with Crippen LogP contribution in [0.2, 0.25) is 0 Å². The van der Waals surface area contributed by atoms with Gasteiger partial charge >= 0.3 is 0 Å². The molecule has 112 valence electrons. The fraction of sp³-hybridized carbons (Fsp3) is 0.529. The van der Waals surface area contributed by atoms with Crippen LogP contribution in [0.3, 0.4) is 0 Å². The first-order valence-electron chi connectivity index (χ1n) is 7.69. The first kappa shape index (κ1) is 15.5. The highest BCUT2D eigenvalue weighted by molar-refractivity contribution is 5.94. The number of carbonyl (C=O) groups excluding carboxylic acids is 1. The van der Waals surface area contributed by atoms with E-state index in [1.165, 1.54) is 19.3 Å². The van der Waals surface area contributed by atoms with E-state index >= 15 is 0 Å². The Kier molecular flexibility index (Phi) is 5.35. The summed E-state index contributed by atoms with van der Waals surface area (Å²) in [5, 5.41) is 11.8. The molecule has 2 atom stereocenters. The normalized spacial score (nSPS) is 20.5. The van der Waals surface area contributed by atoms with Crippen molar-refractivity contribution in [1.29, 1.82) is 5.26 Å². The fourth-order valence-corrected chi connectivity index (χ4v) is 2.86. The molecule has 1 N–H and O–H groups in total. The van der Waals surface area contributed by atoms with E-state index in [2.05, 4.69) is 23.2 Å². The number of nitrogens with zero attached hydrogens (tertiary/aromatic N) is 2. The van der Waals surface area contributed by atoms with Gasteiger partial charge in [0.1, 0.15) is 0 Å². The Morgan fingerprint density at radius 2 is 2.38 bits per heavy atom. The maximum atomic E-state index is 12.4. The van der Waals surface area contributed by atoms with Crippen molar-refractivity contribution in [3.8, 4) is 6.07 Å². The van der Waals surface area contributed by atoms with Gasteiger partial charge in [-0.25, -0.2) is 0 Å². The summed E-state index contributed by atoms with van der Waals surface area (Å²) in [6.07, 6.45) is 3.61. The number of nitriles is 1. The van der Waals surface area contributed by atoms with Crippen LogP contribution in [0, 0.1) is 17.2 Å². The molecule has 2 rings (SSSR count). The van der Waals surface area contributed by atoms with E-state index in [0.29, 0.717) is 17.2 Å². The van der Waals surface area contributed by atoms with Gasteiger partial charge in [0, 0.05) is 12.2 Å². The molecule has 0 radical (unpaired) electrons. The maximum Gasteiger partial charge on any atom is 0.241 e. The second kappa shape index (κ2) is 7.24. The number of nitrogens with one attached hydrogen (secondary N) is 1. The first-order chi connectivity index (χ1) is 10.1. The lowest BCUT2D eigenvalue weighted by atomic mass is 9.94. The average Bonchev–Trinajstić information content (AvgIpc) is 2.54. The van der Waals surface area contributed by atoms with Crippen molar-refractivity contribution in [2.45, 2.75) is 39.2 Å². The number of anilines is 1. The van der Waals surface area contributed by atoms with E-state index in [1.807, 2.05) is 13.0 Å². The molecule has 4 heteroatoms. The van der Waals surface area contributed by atoms with E-state index in [4.69, 9.17) is 5.26 Å². The Balaban J connectivity index is 1.97. The summed E-state index contributed by atoms with van der Waals surface area (Å²) < 4.78 is 0. The van der Waals surface area contributed by atoms with Gasteiger partial charge in [0.2, 0.25) is 5.91 Å². The van der Waals surface area contributed by atoms with Gasteiger partial charge in [-0.15, -0.1) is 0 Å². The van der Waals surface area contributed by atoms with Crippen molar-refractivity contribution in [2.75, 3.05) is 18.4 Å². The monoisotopic (exact) mass is 285 g/mol. The van der Waals surface area contributed by atoms with Crippen LogP contribution in [0.25, 0.3) is 0 Å². The molecule has 0 spiro atoms. The molecule has 0 bridgehead atoms. The van der Waals surface area contributed by atoms with Gasteiger partial charge in [-0.1, -0.05) is 19.4 Å². The molecule has 1 aromatic carbocycles. The van der Waals surface area contributed by atoms with Crippen LogP contribution < -0.4 is 5.32 Å². The summed E-state index contributed by atoms with van der Waals surface area (Å²) in [5.74, 6) is 0.706. The van der Waals surface area contributed by atoms with E-state index in [0.717, 1.165) is 13.1 Å². The van der Waals surface area contributed by atoms with Crippen molar-refractivity contribution in [1.82, 2.24) is 4.90 Å². The summed E-state index contributed by atoms with van der Waals surface area (Å²) >= 11 is 0. The summed E-state index contributed by atoms with van der Waals surface area (Å²) in [6, 6.07) is 8.99. The molecule has 0 aromatic heterocycles. The van der Waals surface area contributed by atoms with E-state index in [-0.39, 0.29) is 11.9 Å². The number of hydrogen-bond donors (Lipinski definition) is 1. The van der Waals surface area contributed by atoms with Gasteiger partial charge in [0.05, 0.1) is 17.7 Å². The molecule has 4 nitrogen and oxygen atoms in total. The van der Waals surface area contributed by atoms with Gasteiger partial charge in [0.15, 0.2) is 0 Å². The minimum Gasteiger partial charge on any atom is -0.325 e. The number of piperidine rings is 1. The van der Waals surface area contributed by atoms with Crippen LogP contribution in [0.5, 0.6) is 0 Å². The van der Waals surface area contributed by atoms with Crippen molar-refractivity contribution in [2.24, 2.45) is 5.92 Å². The molecule has 1 aliphatic rings. The topological polar surface area (TPSA) is 56.1 Å². The van der Waals surface area contributed by atoms with Crippen LogP contribution in [-0.4, -0.2) is 29.9 Å². The summed E-state index contributed by atoms with van der Waals surface area (Å²) in [6.45, 7) is 6.17. The molecule has 21 heavy (non-hydrogen) atoms. The summed E-state index contributed by atoms with van der Waals surface area (Å²) in [7, 11) is 0. The van der Waals surface area contributed by atoms with Gasteiger partial charge in [-0.05, 0) is 50.4 Å². The van der Waals surface area contributed by atoms with E-state index in [1.54, 1.807) is 18.2 Å². The predicted molar refractivity (Wildman–Crippen MR) is 83.8 cm³/mol. The van der Waals surface area contributed by atoms with Crippen molar-refractivity contribution >= 4 is 11.6 Å². The molecule has 1 aliphatic heterocycles. The SMILES string of the molecule is CCC1CCCN(C(C)C(=O)Nc2cccc(C#N)c2)C1. The third-order valence-corrected chi connectivity index (χ3v) is 4.31. The third kappa shape index (κ3) is 4.05. The minimum absolute atomic E-state index is 0.00171. The number of hydrogen-bond acceptors (Lipinski definition) is 3. The van der Waals surface area contributed by atoms with Crippen LogP contribution in [0.1, 0.15) is 38.7 Å². The lowest BCUT2D eigenvalue weighted by Gasteiger charge is -2.35. The van der Waals surface area contributed by atoms with E-state index in [9.17, 15) is 4.79 Å². The second-order valence-electron chi connectivity index (χ2n) is 5.77. The molecule has 0 saturated carbocycles. The highest BCUT2D eigenvalue weighted by Crippen LogP contribution is 2.21. The van der Waals surface area contributed by atoms with Gasteiger partial charge in [-0.2, -0.15) is 5.26 Å². The van der Waals surface area contributed by atoms with Crippen molar-refractivity contribution in [3.63, 3.8) is 0 Å². The molecule has 1 heterocycles. The van der Waals surface area contributed by atoms with Crippen LogP contribution in [0.4, 0.5) is 5.69 Å². The summed E-state index contributed by atoms with van der Waals surface area (Å²) in [4.78, 5) is 14.6. The molecular formula is C17H23N3O. The van der Waals surface area contributed by atoms with Gasteiger partial charge < -0.3 is 5.32 Å². The smallest absolute Gasteiger partial charge is 0.241 e. The molecule has 0 aliphatic carbocycles. The fourth-order valence-electron chi connectivity index (χ4n) is 2.86. The zero-order valence-electron chi connectivity index (χ0n) is 12.8. The number of carbonyl (C=O) groups is 1. The molecule has 1 saturated heterocycles. The average molecular weight is 285 g/mol. The Morgan fingerprint density at radius 3 is 3.10 bits per heavy atom. The Bertz CT molecular complexity index is 535. The summed E-state index contributed by atoms with van der Waals surface area (Å²) in [5.41, 5.74) is 1.25. The lowest BCUT2D eigenvalue weighted by Crippen LogP contribution is -2.47. The molecule has 1 amide bonds. The molecule has 2 unspecified atom stereocenters. The maximum absolute atomic E-state index is 12.4. The van der Waals surface area contributed by atoms with Crippen molar-refractivity contribution < 1.29 is 4.79 Å². The second-order valence-corrected chi connectivity index (χ2v) is 5.77. The van der Waals surface area contributed by atoms with Gasteiger partial charge in [-0.3, -0.25) is 9.69 Å². The van der Waals surface area contributed by atoms with Crippen LogP contribution in [0.15, 0.2) is 24.3 Å². The Hall–Kier alpha value is -1.86. The standard InChI is InChI=1S/C17H23N3O/c1-3-14-7-5-9-20(12-14)13(2)17(21)19-16-8-4-6-15(10-16)11-18/h4,6,8,10,13-14H,3,5,7,9,12H2,1-2H3,(H,19,21). The third-order valence-electron chi connectivity index (χ3n) is 4.31. The zero-order valence-corrected chi connectivity index (χ0v) is 12.8. The Morgan fingerprint density at radius 1 is 1.57 bits per heavy atom. The Labute approximate surface area is 126 Å². The van der Waals surface area contributed by atoms with Crippen LogP contribution in [-0.2, 0) is 4.79 Å². The largest absolute Gasteiger partial charge is 0.325 e. The highest BCUT2D eigenvalue weighted by atomic mass is 16.2. The molecule has 1 aromatic rings. The molecular weight excluding hydrogens is 262 g/mol. The van der Waals surface area contributed by atoms with Crippen molar-refractivity contribution in [3.05, 3.63) is 29.8 Å². The number of rotatable bonds is 4. The van der Waals surface area contributed by atoms with E-state index < -0.39 is 0 Å². The minimum atomic E-state index is -0.134. The first-order valence-corrected chi connectivity index (χ1v) is 7.69.